The molecule has 10 aromatic rings. The number of para-hydroxylation sites is 1. The van der Waals surface area contributed by atoms with Crippen LogP contribution in [0.2, 0.25) is 0 Å². The third kappa shape index (κ3) is 2.06. The molecule has 10 rings (SSSR count). The van der Waals surface area contributed by atoms with E-state index in [-0.39, 0.29) is 0 Å². The molecule has 7 aromatic carbocycles. The van der Waals surface area contributed by atoms with Gasteiger partial charge in [0, 0.05) is 32.3 Å². The molecule has 0 atom stereocenters. The first-order chi connectivity index (χ1) is 18.3. The number of nitrogens with zero attached hydrogens (tertiary/aromatic N) is 1. The molecular formula is C36H19N. The second-order valence-corrected chi connectivity index (χ2v) is 10.5. The minimum Gasteiger partial charge on any atom is -0.307 e. The molecule has 0 saturated carbocycles. The summed E-state index contributed by atoms with van der Waals surface area (Å²) in [4.78, 5) is 0. The first kappa shape index (κ1) is 18.4. The molecular weight excluding hydrogens is 446 g/mol. The van der Waals surface area contributed by atoms with Crippen LogP contribution < -0.4 is 0 Å². The monoisotopic (exact) mass is 465 g/mol. The third-order valence-corrected chi connectivity index (χ3v) is 8.77. The van der Waals surface area contributed by atoms with Crippen molar-refractivity contribution in [2.75, 3.05) is 0 Å². The van der Waals surface area contributed by atoms with Crippen molar-refractivity contribution in [2.24, 2.45) is 0 Å². The van der Waals surface area contributed by atoms with E-state index in [1.165, 1.54) is 92.3 Å². The summed E-state index contributed by atoms with van der Waals surface area (Å²) in [6.07, 6.45) is 0. The number of hydrogen-bond acceptors (Lipinski definition) is 0. The van der Waals surface area contributed by atoms with Gasteiger partial charge < -0.3 is 4.40 Å². The summed E-state index contributed by atoms with van der Waals surface area (Å²) >= 11 is 0. The fraction of sp³-hybridized carbons (Fsp3) is 0. The number of benzene rings is 7. The molecule has 0 aliphatic heterocycles. The van der Waals surface area contributed by atoms with E-state index in [1.54, 1.807) is 0 Å². The van der Waals surface area contributed by atoms with E-state index in [2.05, 4.69) is 120 Å². The highest BCUT2D eigenvalue weighted by atomic mass is 14.9. The fourth-order valence-corrected chi connectivity index (χ4v) is 7.23. The summed E-state index contributed by atoms with van der Waals surface area (Å²) in [5.41, 5.74) is 6.66. The Morgan fingerprint density at radius 1 is 0.324 bits per heavy atom. The minimum absolute atomic E-state index is 1.27. The lowest BCUT2D eigenvalue weighted by atomic mass is 9.95. The van der Waals surface area contributed by atoms with Gasteiger partial charge in [0.2, 0.25) is 0 Å². The van der Waals surface area contributed by atoms with Crippen LogP contribution in [-0.4, -0.2) is 4.40 Å². The Morgan fingerprint density at radius 3 is 1.84 bits per heavy atom. The van der Waals surface area contributed by atoms with Gasteiger partial charge in [-0.2, -0.15) is 0 Å². The van der Waals surface area contributed by atoms with Crippen LogP contribution in [0.4, 0.5) is 0 Å². The van der Waals surface area contributed by atoms with E-state index in [9.17, 15) is 0 Å². The smallest absolute Gasteiger partial charge is 0.0627 e. The van der Waals surface area contributed by atoms with E-state index in [4.69, 9.17) is 0 Å². The molecule has 0 amide bonds. The number of hydrogen-bond donors (Lipinski definition) is 0. The molecule has 3 heterocycles. The van der Waals surface area contributed by atoms with Gasteiger partial charge in [-0.25, -0.2) is 0 Å². The normalized spacial score (nSPS) is 12.9. The van der Waals surface area contributed by atoms with Crippen LogP contribution in [0.15, 0.2) is 115 Å². The highest BCUT2D eigenvalue weighted by Crippen LogP contribution is 2.50. The van der Waals surface area contributed by atoms with Gasteiger partial charge in [-0.1, -0.05) is 91.0 Å². The summed E-state index contributed by atoms with van der Waals surface area (Å²) in [5.74, 6) is 0. The molecule has 0 aliphatic rings. The zero-order valence-corrected chi connectivity index (χ0v) is 19.9. The highest BCUT2D eigenvalue weighted by molar-refractivity contribution is 6.38. The van der Waals surface area contributed by atoms with Crippen molar-refractivity contribution in [1.29, 1.82) is 0 Å². The van der Waals surface area contributed by atoms with E-state index >= 15 is 0 Å². The summed E-state index contributed by atoms with van der Waals surface area (Å²) in [5, 5.41) is 16.1. The van der Waals surface area contributed by atoms with Gasteiger partial charge in [-0.05, 0) is 67.7 Å². The molecule has 0 N–H and O–H groups in total. The van der Waals surface area contributed by atoms with Crippen molar-refractivity contribution < 1.29 is 0 Å². The number of aromatic nitrogens is 1. The Morgan fingerprint density at radius 2 is 0.946 bits per heavy atom. The summed E-state index contributed by atoms with van der Waals surface area (Å²) < 4.78 is 2.54. The van der Waals surface area contributed by atoms with Crippen molar-refractivity contribution in [3.05, 3.63) is 115 Å². The maximum atomic E-state index is 2.54. The molecule has 0 aliphatic carbocycles. The van der Waals surface area contributed by atoms with Gasteiger partial charge in [-0.15, -0.1) is 0 Å². The van der Waals surface area contributed by atoms with E-state index in [0.717, 1.165) is 0 Å². The van der Waals surface area contributed by atoms with Crippen molar-refractivity contribution in [1.82, 2.24) is 4.40 Å². The lowest BCUT2D eigenvalue weighted by Crippen LogP contribution is -1.82. The highest BCUT2D eigenvalue weighted by Gasteiger charge is 2.26. The molecule has 1 heteroatoms. The average Bonchev–Trinajstić information content (AvgIpc) is 3.59. The molecule has 0 bridgehead atoms. The van der Waals surface area contributed by atoms with Crippen molar-refractivity contribution in [3.63, 3.8) is 0 Å². The van der Waals surface area contributed by atoms with E-state index < -0.39 is 0 Å². The van der Waals surface area contributed by atoms with Crippen LogP contribution in [0.25, 0.3) is 92.3 Å². The molecule has 168 valence electrons. The molecule has 37 heavy (non-hydrogen) atoms. The largest absolute Gasteiger partial charge is 0.307 e. The first-order valence-corrected chi connectivity index (χ1v) is 13.0. The zero-order chi connectivity index (χ0) is 23.8. The van der Waals surface area contributed by atoms with Crippen LogP contribution in [-0.2, 0) is 0 Å². The van der Waals surface area contributed by atoms with E-state index in [1.807, 2.05) is 0 Å². The van der Waals surface area contributed by atoms with Gasteiger partial charge in [0.25, 0.3) is 0 Å². The van der Waals surface area contributed by atoms with Crippen LogP contribution in [0.3, 0.4) is 0 Å². The fourth-order valence-electron chi connectivity index (χ4n) is 7.23. The topological polar surface area (TPSA) is 4.41 Å². The summed E-state index contributed by atoms with van der Waals surface area (Å²) in [7, 11) is 0. The summed E-state index contributed by atoms with van der Waals surface area (Å²) in [6, 6.07) is 43.1. The van der Waals surface area contributed by atoms with Crippen LogP contribution >= 0.6 is 0 Å². The summed E-state index contributed by atoms with van der Waals surface area (Å²) in [6.45, 7) is 0. The van der Waals surface area contributed by atoms with Crippen molar-refractivity contribution >= 4 is 81.2 Å². The number of fused-ring (bicyclic) bond motifs is 8. The Bertz CT molecular complexity index is 2510. The van der Waals surface area contributed by atoms with E-state index in [0.29, 0.717) is 0 Å². The molecule has 3 aromatic heterocycles. The predicted octanol–water partition coefficient (Wildman–Crippen LogP) is 9.99. The van der Waals surface area contributed by atoms with Crippen LogP contribution in [0, 0.1) is 0 Å². The van der Waals surface area contributed by atoms with Gasteiger partial charge in [0.05, 0.1) is 16.6 Å². The molecule has 1 nitrogen and oxygen atoms in total. The minimum atomic E-state index is 1.27. The molecule has 0 unspecified atom stereocenters. The molecule has 0 saturated heterocycles. The lowest BCUT2D eigenvalue weighted by Gasteiger charge is -2.08. The van der Waals surface area contributed by atoms with Crippen LogP contribution in [0.1, 0.15) is 0 Å². The Labute approximate surface area is 211 Å². The Balaban J connectivity index is 1.38. The molecule has 0 radical (unpaired) electrons. The first-order valence-electron chi connectivity index (χ1n) is 13.0. The van der Waals surface area contributed by atoms with Crippen molar-refractivity contribution in [3.8, 4) is 11.1 Å². The second-order valence-electron chi connectivity index (χ2n) is 10.5. The maximum Gasteiger partial charge on any atom is 0.0627 e. The van der Waals surface area contributed by atoms with Crippen LogP contribution in [0.5, 0.6) is 0 Å². The van der Waals surface area contributed by atoms with Crippen molar-refractivity contribution in [2.45, 2.75) is 0 Å². The SMILES string of the molecule is c1ccc2c(c1)ccc1cc(-c3cc4c5cccc6c7cc8ccccc8c8c(c3)c4n(c56)c78)ccc12. The van der Waals surface area contributed by atoms with Gasteiger partial charge in [0.15, 0.2) is 0 Å². The lowest BCUT2D eigenvalue weighted by molar-refractivity contribution is 1.41. The Kier molecular flexibility index (Phi) is 3.03. The standard InChI is InChI=1S/C36H19N/c1-3-8-25-20(6-1)12-13-23-16-21(14-15-26(23)25)24-18-30-28-10-5-11-29-31-17-22-7-2-4-9-27(22)33-32(19-24)35(30)37(34(28)29)36(31)33/h1-19H. The van der Waals surface area contributed by atoms with Gasteiger partial charge in [-0.3, -0.25) is 0 Å². The average molecular weight is 466 g/mol. The molecule has 0 fully saturated rings. The quantitative estimate of drug-likeness (QED) is 0.212. The maximum absolute atomic E-state index is 2.54. The van der Waals surface area contributed by atoms with Gasteiger partial charge in [0.1, 0.15) is 0 Å². The predicted molar refractivity (Wildman–Crippen MR) is 159 cm³/mol. The Hall–Kier alpha value is -4.88. The zero-order valence-electron chi connectivity index (χ0n) is 19.9. The van der Waals surface area contributed by atoms with Gasteiger partial charge >= 0.3 is 0 Å². The molecule has 0 spiro atoms. The third-order valence-electron chi connectivity index (χ3n) is 8.77. The number of rotatable bonds is 1. The second kappa shape index (κ2) is 6.08.